The highest BCUT2D eigenvalue weighted by molar-refractivity contribution is 9.12. The van der Waals surface area contributed by atoms with Gasteiger partial charge in [-0.05, 0) is 43.1 Å². The van der Waals surface area contributed by atoms with Crippen LogP contribution in [0, 0.1) is 0 Å². The van der Waals surface area contributed by atoms with Crippen LogP contribution in [-0.2, 0) is 4.79 Å². The number of fused-ring (bicyclic) bond motifs is 1. The van der Waals surface area contributed by atoms with Gasteiger partial charge in [0.25, 0.3) is 0 Å². The third kappa shape index (κ3) is 0.976. The SMILES string of the molecule is O=C1C2=CC=C(Br)C2=CC2=C1CCC2. The van der Waals surface area contributed by atoms with Crippen LogP contribution >= 0.6 is 15.9 Å². The summed E-state index contributed by atoms with van der Waals surface area (Å²) in [6, 6.07) is 0. The lowest BCUT2D eigenvalue weighted by atomic mass is 9.90. The molecule has 0 aromatic rings. The van der Waals surface area contributed by atoms with Gasteiger partial charge in [-0.3, -0.25) is 4.79 Å². The van der Waals surface area contributed by atoms with E-state index in [2.05, 4.69) is 22.0 Å². The Balaban J connectivity index is 2.18. The summed E-state index contributed by atoms with van der Waals surface area (Å²) in [5.41, 5.74) is 4.26. The molecule has 0 aliphatic heterocycles. The molecule has 0 radical (unpaired) electrons. The van der Waals surface area contributed by atoms with Gasteiger partial charge in [-0.1, -0.05) is 15.9 Å². The number of hydrogen-bond donors (Lipinski definition) is 0. The molecule has 0 spiro atoms. The molecule has 14 heavy (non-hydrogen) atoms. The number of ketones is 1. The van der Waals surface area contributed by atoms with Crippen LogP contribution in [0.2, 0.25) is 0 Å². The van der Waals surface area contributed by atoms with Crippen molar-refractivity contribution in [3.63, 3.8) is 0 Å². The van der Waals surface area contributed by atoms with Gasteiger partial charge in [0.2, 0.25) is 0 Å². The maximum atomic E-state index is 12.0. The standard InChI is InChI=1S/C12H9BrO/c13-11-5-4-9-10(11)6-7-2-1-3-8(7)12(9)14/h4-6H,1-3H2. The van der Waals surface area contributed by atoms with E-state index in [9.17, 15) is 4.79 Å². The Morgan fingerprint density at radius 3 is 2.86 bits per heavy atom. The second-order valence-electron chi connectivity index (χ2n) is 3.84. The van der Waals surface area contributed by atoms with E-state index in [4.69, 9.17) is 0 Å². The van der Waals surface area contributed by atoms with Crippen LogP contribution < -0.4 is 0 Å². The van der Waals surface area contributed by atoms with Gasteiger partial charge in [0, 0.05) is 21.2 Å². The molecule has 0 aromatic carbocycles. The first-order valence-electron chi connectivity index (χ1n) is 4.84. The van der Waals surface area contributed by atoms with Gasteiger partial charge < -0.3 is 0 Å². The predicted octanol–water partition coefficient (Wildman–Crippen LogP) is 3.19. The Bertz CT molecular complexity index is 461. The van der Waals surface area contributed by atoms with Gasteiger partial charge >= 0.3 is 0 Å². The summed E-state index contributed by atoms with van der Waals surface area (Å²) in [6.07, 6.45) is 9.21. The minimum atomic E-state index is 0.251. The van der Waals surface area contributed by atoms with E-state index in [0.717, 1.165) is 40.5 Å². The van der Waals surface area contributed by atoms with Gasteiger partial charge in [-0.15, -0.1) is 0 Å². The Labute approximate surface area is 91.0 Å². The van der Waals surface area contributed by atoms with Crippen molar-refractivity contribution < 1.29 is 4.79 Å². The molecule has 0 atom stereocenters. The van der Waals surface area contributed by atoms with Crippen LogP contribution in [0.1, 0.15) is 19.3 Å². The normalized spacial score (nSPS) is 24.4. The molecule has 3 aliphatic carbocycles. The third-order valence-electron chi connectivity index (χ3n) is 3.04. The minimum Gasteiger partial charge on any atom is -0.289 e. The predicted molar refractivity (Wildman–Crippen MR) is 59.1 cm³/mol. The van der Waals surface area contributed by atoms with E-state index in [0.29, 0.717) is 0 Å². The minimum absolute atomic E-state index is 0.251. The van der Waals surface area contributed by atoms with Crippen molar-refractivity contribution in [2.45, 2.75) is 19.3 Å². The lowest BCUT2D eigenvalue weighted by molar-refractivity contribution is -0.112. The van der Waals surface area contributed by atoms with Gasteiger partial charge in [-0.2, -0.15) is 0 Å². The van der Waals surface area contributed by atoms with E-state index in [1.807, 2.05) is 12.2 Å². The van der Waals surface area contributed by atoms with Gasteiger partial charge in [-0.25, -0.2) is 0 Å². The van der Waals surface area contributed by atoms with Crippen LogP contribution in [0.5, 0.6) is 0 Å². The molecular formula is C12H9BrO. The molecule has 3 rings (SSSR count). The third-order valence-corrected chi connectivity index (χ3v) is 3.73. The Morgan fingerprint density at radius 1 is 1.14 bits per heavy atom. The van der Waals surface area contributed by atoms with Crippen LogP contribution in [0.3, 0.4) is 0 Å². The molecular weight excluding hydrogens is 240 g/mol. The Hall–Kier alpha value is -0.890. The van der Waals surface area contributed by atoms with Crippen molar-refractivity contribution in [3.8, 4) is 0 Å². The highest BCUT2D eigenvalue weighted by atomic mass is 79.9. The summed E-state index contributed by atoms with van der Waals surface area (Å²) in [5.74, 6) is 0.251. The largest absolute Gasteiger partial charge is 0.289 e. The molecule has 2 heteroatoms. The van der Waals surface area contributed by atoms with Gasteiger partial charge in [0.15, 0.2) is 5.78 Å². The quantitative estimate of drug-likeness (QED) is 0.644. The molecule has 0 heterocycles. The Morgan fingerprint density at radius 2 is 2.00 bits per heavy atom. The molecule has 0 N–H and O–H groups in total. The summed E-state index contributed by atoms with van der Waals surface area (Å²) < 4.78 is 1.04. The molecule has 0 bridgehead atoms. The number of carbonyl (C=O) groups is 1. The number of halogens is 1. The summed E-state index contributed by atoms with van der Waals surface area (Å²) in [4.78, 5) is 12.0. The average Bonchev–Trinajstić information content (AvgIpc) is 2.75. The summed E-state index contributed by atoms with van der Waals surface area (Å²) in [6.45, 7) is 0. The second kappa shape index (κ2) is 2.80. The van der Waals surface area contributed by atoms with Crippen LogP contribution in [-0.4, -0.2) is 5.78 Å². The molecule has 0 amide bonds. The van der Waals surface area contributed by atoms with Crippen molar-refractivity contribution >= 4 is 21.7 Å². The zero-order chi connectivity index (χ0) is 9.71. The zero-order valence-corrected chi connectivity index (χ0v) is 9.23. The van der Waals surface area contributed by atoms with Gasteiger partial charge in [0.1, 0.15) is 0 Å². The molecule has 0 saturated carbocycles. The monoisotopic (exact) mass is 248 g/mol. The van der Waals surface area contributed by atoms with Crippen molar-refractivity contribution in [2.75, 3.05) is 0 Å². The topological polar surface area (TPSA) is 17.1 Å². The van der Waals surface area contributed by atoms with Crippen LogP contribution in [0.15, 0.2) is 45.0 Å². The lowest BCUT2D eigenvalue weighted by Gasteiger charge is -2.14. The van der Waals surface area contributed by atoms with Gasteiger partial charge in [0.05, 0.1) is 0 Å². The molecule has 70 valence electrons. The highest BCUT2D eigenvalue weighted by Gasteiger charge is 2.31. The zero-order valence-electron chi connectivity index (χ0n) is 7.64. The second-order valence-corrected chi connectivity index (χ2v) is 4.69. The fourth-order valence-electron chi connectivity index (χ4n) is 2.33. The van der Waals surface area contributed by atoms with E-state index in [1.165, 1.54) is 5.57 Å². The fraction of sp³-hybridized carbons (Fsp3) is 0.250. The first kappa shape index (κ1) is 8.42. The maximum absolute atomic E-state index is 12.0. The first-order chi connectivity index (χ1) is 6.77. The van der Waals surface area contributed by atoms with Crippen molar-refractivity contribution in [1.82, 2.24) is 0 Å². The molecule has 0 fully saturated rings. The van der Waals surface area contributed by atoms with Crippen molar-refractivity contribution in [3.05, 3.63) is 45.0 Å². The van der Waals surface area contributed by atoms with Crippen LogP contribution in [0.25, 0.3) is 0 Å². The summed E-state index contributed by atoms with van der Waals surface area (Å²) >= 11 is 3.47. The van der Waals surface area contributed by atoms with E-state index in [1.54, 1.807) is 0 Å². The number of Topliss-reactive ketones (excluding diaryl/α,β-unsaturated/α-hetero) is 1. The fourth-order valence-corrected chi connectivity index (χ4v) is 2.79. The number of rotatable bonds is 0. The molecule has 0 aromatic heterocycles. The Kier molecular flexibility index (Phi) is 1.68. The highest BCUT2D eigenvalue weighted by Crippen LogP contribution is 2.42. The number of allylic oxidation sites excluding steroid dienone is 8. The average molecular weight is 249 g/mol. The first-order valence-corrected chi connectivity index (χ1v) is 5.63. The van der Waals surface area contributed by atoms with E-state index in [-0.39, 0.29) is 5.78 Å². The molecule has 0 unspecified atom stereocenters. The summed E-state index contributed by atoms with van der Waals surface area (Å²) in [5, 5.41) is 0. The lowest BCUT2D eigenvalue weighted by Crippen LogP contribution is -2.10. The van der Waals surface area contributed by atoms with E-state index >= 15 is 0 Å². The molecule has 0 saturated heterocycles. The number of hydrogen-bond acceptors (Lipinski definition) is 1. The molecule has 1 nitrogen and oxygen atoms in total. The van der Waals surface area contributed by atoms with Crippen molar-refractivity contribution in [2.24, 2.45) is 0 Å². The number of carbonyl (C=O) groups excluding carboxylic acids is 1. The molecule has 3 aliphatic rings. The summed E-state index contributed by atoms with van der Waals surface area (Å²) in [7, 11) is 0. The smallest absolute Gasteiger partial charge is 0.189 e. The van der Waals surface area contributed by atoms with E-state index < -0.39 is 0 Å². The van der Waals surface area contributed by atoms with Crippen molar-refractivity contribution in [1.29, 1.82) is 0 Å². The maximum Gasteiger partial charge on any atom is 0.189 e. The van der Waals surface area contributed by atoms with Crippen LogP contribution in [0.4, 0.5) is 0 Å².